The number of thiocarbonyl (C=S) groups is 1. The highest BCUT2D eigenvalue weighted by Crippen LogP contribution is 2.31. The van der Waals surface area contributed by atoms with Crippen molar-refractivity contribution in [2.75, 3.05) is 13.2 Å². The molecule has 22 heavy (non-hydrogen) atoms. The highest BCUT2D eigenvalue weighted by atomic mass is 79.9. The maximum atomic E-state index is 11.7. The van der Waals surface area contributed by atoms with Crippen molar-refractivity contribution in [3.63, 3.8) is 0 Å². The topological polar surface area (TPSA) is 64.6 Å². The Hall–Kier alpha value is -1.38. The van der Waals surface area contributed by atoms with Gasteiger partial charge in [-0.2, -0.15) is 0 Å². The standard InChI is InChI=1S/C14H12BrNO4S2/c1-2-19-12(17)7-20-10-4-3-9(15)5-8(10)6-11-13(18)16-14(21)22-11/h3-6H,2,7H2,1H3,(H,16,18,21). The van der Waals surface area contributed by atoms with E-state index < -0.39 is 5.97 Å². The van der Waals surface area contributed by atoms with E-state index in [0.717, 1.165) is 4.47 Å². The Labute approximate surface area is 145 Å². The molecular formula is C14H12BrNO4S2. The van der Waals surface area contributed by atoms with Crippen LogP contribution in [0.3, 0.4) is 0 Å². The predicted molar refractivity (Wildman–Crippen MR) is 92.6 cm³/mol. The van der Waals surface area contributed by atoms with Gasteiger partial charge in [-0.1, -0.05) is 39.9 Å². The SMILES string of the molecule is CCOC(=O)COc1ccc(Br)cc1C=C1SC(=S)NC1=O. The van der Waals surface area contributed by atoms with Crippen LogP contribution in [0.15, 0.2) is 27.6 Å². The van der Waals surface area contributed by atoms with Gasteiger partial charge in [0.25, 0.3) is 5.91 Å². The third kappa shape index (κ3) is 4.56. The van der Waals surface area contributed by atoms with E-state index in [9.17, 15) is 9.59 Å². The fourth-order valence-corrected chi connectivity index (χ4v) is 3.08. The summed E-state index contributed by atoms with van der Waals surface area (Å²) >= 11 is 9.50. The Morgan fingerprint density at radius 1 is 1.50 bits per heavy atom. The number of rotatable bonds is 5. The zero-order valence-corrected chi connectivity index (χ0v) is 14.8. The van der Waals surface area contributed by atoms with Gasteiger partial charge in [-0.05, 0) is 31.2 Å². The minimum absolute atomic E-state index is 0.191. The van der Waals surface area contributed by atoms with Crippen LogP contribution in [-0.2, 0) is 14.3 Å². The molecule has 8 heteroatoms. The van der Waals surface area contributed by atoms with Crippen LogP contribution < -0.4 is 10.1 Å². The molecule has 0 aliphatic carbocycles. The van der Waals surface area contributed by atoms with Crippen molar-refractivity contribution in [1.82, 2.24) is 5.32 Å². The van der Waals surface area contributed by atoms with Gasteiger partial charge < -0.3 is 14.8 Å². The number of carbonyl (C=O) groups excluding carboxylic acids is 2. The predicted octanol–water partition coefficient (Wildman–Crippen LogP) is 2.88. The first-order valence-corrected chi connectivity index (χ1v) is 8.34. The molecule has 0 bridgehead atoms. The Kier molecular flexibility index (Phi) is 5.98. The number of halogens is 1. The van der Waals surface area contributed by atoms with E-state index in [1.165, 1.54) is 11.8 Å². The van der Waals surface area contributed by atoms with Crippen LogP contribution in [0.4, 0.5) is 0 Å². The average molecular weight is 402 g/mol. The molecule has 1 N–H and O–H groups in total. The largest absolute Gasteiger partial charge is 0.481 e. The molecule has 0 spiro atoms. The van der Waals surface area contributed by atoms with Crippen molar-refractivity contribution in [2.24, 2.45) is 0 Å². The summed E-state index contributed by atoms with van der Waals surface area (Å²) in [4.78, 5) is 23.6. The lowest BCUT2D eigenvalue weighted by Crippen LogP contribution is -2.17. The number of carbonyl (C=O) groups is 2. The van der Waals surface area contributed by atoms with E-state index >= 15 is 0 Å². The molecule has 0 unspecified atom stereocenters. The molecule has 0 radical (unpaired) electrons. The number of amides is 1. The molecule has 1 aromatic rings. The van der Waals surface area contributed by atoms with E-state index in [4.69, 9.17) is 21.7 Å². The van der Waals surface area contributed by atoms with Gasteiger partial charge in [-0.3, -0.25) is 4.79 Å². The Morgan fingerprint density at radius 3 is 2.91 bits per heavy atom. The zero-order valence-electron chi connectivity index (χ0n) is 11.6. The molecule has 0 aromatic heterocycles. The van der Waals surface area contributed by atoms with Crippen LogP contribution in [0.1, 0.15) is 12.5 Å². The molecule has 1 saturated heterocycles. The van der Waals surface area contributed by atoms with E-state index in [2.05, 4.69) is 21.2 Å². The average Bonchev–Trinajstić information content (AvgIpc) is 2.76. The number of thioether (sulfide) groups is 1. The summed E-state index contributed by atoms with van der Waals surface area (Å²) in [6.07, 6.45) is 1.67. The molecule has 1 amide bonds. The molecule has 1 fully saturated rings. The maximum absolute atomic E-state index is 11.7. The van der Waals surface area contributed by atoms with Gasteiger partial charge in [0.15, 0.2) is 6.61 Å². The Bertz CT molecular complexity index is 660. The van der Waals surface area contributed by atoms with Crippen molar-refractivity contribution in [3.8, 4) is 5.75 Å². The fraction of sp³-hybridized carbons (Fsp3) is 0.214. The normalized spacial score (nSPS) is 15.8. The molecule has 1 aliphatic heterocycles. The molecule has 0 saturated carbocycles. The van der Waals surface area contributed by atoms with Gasteiger partial charge in [0, 0.05) is 10.0 Å². The lowest BCUT2D eigenvalue weighted by molar-refractivity contribution is -0.145. The molecule has 116 valence electrons. The Balaban J connectivity index is 2.21. The van der Waals surface area contributed by atoms with E-state index in [0.29, 0.717) is 27.1 Å². The summed E-state index contributed by atoms with van der Waals surface area (Å²) in [5.41, 5.74) is 0.668. The van der Waals surface area contributed by atoms with Crippen LogP contribution in [-0.4, -0.2) is 29.4 Å². The highest BCUT2D eigenvalue weighted by molar-refractivity contribution is 9.10. The lowest BCUT2D eigenvalue weighted by atomic mass is 10.2. The van der Waals surface area contributed by atoms with Crippen molar-refractivity contribution >= 4 is 62.2 Å². The van der Waals surface area contributed by atoms with Crippen LogP contribution in [0.2, 0.25) is 0 Å². The van der Waals surface area contributed by atoms with Gasteiger partial charge in [-0.15, -0.1) is 0 Å². The number of benzene rings is 1. The summed E-state index contributed by atoms with van der Waals surface area (Å²) < 4.78 is 11.5. The van der Waals surface area contributed by atoms with E-state index in [1.807, 2.05) is 0 Å². The van der Waals surface area contributed by atoms with Gasteiger partial charge in [0.2, 0.25) is 0 Å². The summed E-state index contributed by atoms with van der Waals surface area (Å²) in [6, 6.07) is 5.29. The van der Waals surface area contributed by atoms with Crippen molar-refractivity contribution < 1.29 is 19.1 Å². The number of hydrogen-bond donors (Lipinski definition) is 1. The maximum Gasteiger partial charge on any atom is 0.344 e. The second-order valence-electron chi connectivity index (χ2n) is 4.13. The van der Waals surface area contributed by atoms with Crippen LogP contribution in [0.25, 0.3) is 6.08 Å². The molecular weight excluding hydrogens is 390 g/mol. The quantitative estimate of drug-likeness (QED) is 0.464. The second kappa shape index (κ2) is 7.75. The van der Waals surface area contributed by atoms with Gasteiger partial charge >= 0.3 is 5.97 Å². The molecule has 1 aromatic carbocycles. The molecule has 0 atom stereocenters. The monoisotopic (exact) mass is 401 g/mol. The van der Waals surface area contributed by atoms with Crippen LogP contribution in [0, 0.1) is 0 Å². The van der Waals surface area contributed by atoms with Crippen LogP contribution in [0.5, 0.6) is 5.75 Å². The minimum Gasteiger partial charge on any atom is -0.481 e. The fourth-order valence-electron chi connectivity index (χ4n) is 1.67. The highest BCUT2D eigenvalue weighted by Gasteiger charge is 2.22. The van der Waals surface area contributed by atoms with Crippen molar-refractivity contribution in [1.29, 1.82) is 0 Å². The molecule has 1 heterocycles. The first-order chi connectivity index (χ1) is 10.5. The molecule has 2 rings (SSSR count). The van der Waals surface area contributed by atoms with Crippen molar-refractivity contribution in [2.45, 2.75) is 6.92 Å². The second-order valence-corrected chi connectivity index (χ2v) is 6.76. The summed E-state index contributed by atoms with van der Waals surface area (Å²) in [7, 11) is 0. The summed E-state index contributed by atoms with van der Waals surface area (Å²) in [6.45, 7) is 1.84. The lowest BCUT2D eigenvalue weighted by Gasteiger charge is -2.09. The number of esters is 1. The third-order valence-electron chi connectivity index (χ3n) is 2.55. The van der Waals surface area contributed by atoms with Gasteiger partial charge in [0.1, 0.15) is 10.1 Å². The van der Waals surface area contributed by atoms with Crippen LogP contribution >= 0.6 is 39.9 Å². The molecule has 5 nitrogen and oxygen atoms in total. The zero-order chi connectivity index (χ0) is 16.1. The number of hydrogen-bond acceptors (Lipinski definition) is 6. The van der Waals surface area contributed by atoms with Gasteiger partial charge in [-0.25, -0.2) is 4.79 Å². The third-order valence-corrected chi connectivity index (χ3v) is 4.21. The first kappa shape index (κ1) is 17.0. The first-order valence-electron chi connectivity index (χ1n) is 6.32. The number of ether oxygens (including phenoxy) is 2. The summed E-state index contributed by atoms with van der Waals surface area (Å²) in [5, 5.41) is 2.55. The van der Waals surface area contributed by atoms with Gasteiger partial charge in [0.05, 0.1) is 11.5 Å². The Morgan fingerprint density at radius 2 is 2.27 bits per heavy atom. The minimum atomic E-state index is -0.446. The number of nitrogens with one attached hydrogen (secondary N) is 1. The van der Waals surface area contributed by atoms with Crippen molar-refractivity contribution in [3.05, 3.63) is 33.1 Å². The van der Waals surface area contributed by atoms with E-state index in [-0.39, 0.29) is 12.5 Å². The summed E-state index contributed by atoms with van der Waals surface area (Å²) in [5.74, 6) is -0.209. The van der Waals surface area contributed by atoms with E-state index in [1.54, 1.807) is 31.2 Å². The smallest absolute Gasteiger partial charge is 0.344 e. The molecule has 1 aliphatic rings.